The van der Waals surface area contributed by atoms with Crippen LogP contribution in [0.2, 0.25) is 0 Å². The highest BCUT2D eigenvalue weighted by atomic mass is 79.9. The number of nitrogens with zero attached hydrogens (tertiary/aromatic N) is 3. The molecule has 0 aliphatic carbocycles. The molecule has 0 unspecified atom stereocenters. The van der Waals surface area contributed by atoms with Crippen LogP contribution in [0.5, 0.6) is 0 Å². The van der Waals surface area contributed by atoms with Crippen LogP contribution in [0, 0.1) is 15.9 Å². The van der Waals surface area contributed by atoms with Crippen LogP contribution in [0.15, 0.2) is 29.0 Å². The average molecular weight is 356 g/mol. The van der Waals surface area contributed by atoms with Gasteiger partial charge in [0, 0.05) is 11.0 Å². The summed E-state index contributed by atoms with van der Waals surface area (Å²) in [7, 11) is 0. The molecule has 2 rings (SSSR count). The lowest BCUT2D eigenvalue weighted by molar-refractivity contribution is -0.383. The minimum absolute atomic E-state index is 0.0262. The molecule has 0 amide bonds. The van der Waals surface area contributed by atoms with E-state index in [4.69, 9.17) is 0 Å². The van der Waals surface area contributed by atoms with Crippen LogP contribution in [-0.4, -0.2) is 21.4 Å². The monoisotopic (exact) mass is 355 g/mol. The van der Waals surface area contributed by atoms with Crippen molar-refractivity contribution in [2.45, 2.75) is 6.92 Å². The number of rotatable bonds is 5. The largest absolute Gasteiger partial charge is 0.364 e. The van der Waals surface area contributed by atoms with Crippen molar-refractivity contribution in [2.75, 3.05) is 17.2 Å². The van der Waals surface area contributed by atoms with Gasteiger partial charge in [0.25, 0.3) is 0 Å². The smallest absolute Gasteiger partial charge is 0.353 e. The number of benzene rings is 1. The third kappa shape index (κ3) is 3.43. The Bertz CT molecular complexity index is 683. The summed E-state index contributed by atoms with van der Waals surface area (Å²) in [5, 5.41) is 16.8. The summed E-state index contributed by atoms with van der Waals surface area (Å²) in [5.41, 5.74) is 0.191. The van der Waals surface area contributed by atoms with Gasteiger partial charge in [-0.2, -0.15) is 0 Å². The van der Waals surface area contributed by atoms with Crippen molar-refractivity contribution in [3.8, 4) is 0 Å². The predicted molar refractivity (Wildman–Crippen MR) is 80.2 cm³/mol. The van der Waals surface area contributed by atoms with E-state index < -0.39 is 10.7 Å². The molecule has 1 aromatic carbocycles. The second-order valence-corrected chi connectivity index (χ2v) is 4.81. The van der Waals surface area contributed by atoms with Crippen LogP contribution in [0.1, 0.15) is 6.92 Å². The van der Waals surface area contributed by atoms with Gasteiger partial charge in [-0.3, -0.25) is 10.1 Å². The first kappa shape index (κ1) is 15.1. The summed E-state index contributed by atoms with van der Waals surface area (Å²) in [5.74, 6) is -0.269. The van der Waals surface area contributed by atoms with Crippen molar-refractivity contribution in [3.63, 3.8) is 0 Å². The molecule has 7 nitrogen and oxygen atoms in total. The third-order valence-corrected chi connectivity index (χ3v) is 3.19. The molecule has 0 spiro atoms. The Labute approximate surface area is 127 Å². The molecule has 0 aliphatic rings. The lowest BCUT2D eigenvalue weighted by Gasteiger charge is -2.10. The van der Waals surface area contributed by atoms with Crippen molar-refractivity contribution >= 4 is 38.9 Å². The van der Waals surface area contributed by atoms with E-state index in [1.165, 1.54) is 24.5 Å². The van der Waals surface area contributed by atoms with Gasteiger partial charge >= 0.3 is 5.69 Å². The van der Waals surface area contributed by atoms with Gasteiger partial charge < -0.3 is 10.6 Å². The quantitative estimate of drug-likeness (QED) is 0.630. The first-order chi connectivity index (χ1) is 10.0. The van der Waals surface area contributed by atoms with E-state index in [1.807, 2.05) is 0 Å². The van der Waals surface area contributed by atoms with Gasteiger partial charge in [0.15, 0.2) is 0 Å². The zero-order valence-corrected chi connectivity index (χ0v) is 12.5. The molecule has 1 aromatic heterocycles. The standard InChI is InChI=1S/C12H11BrFN5O2/c1-2-15-11-10(19(20)21)12(17-6-16-11)18-9-4-3-7(14)5-8(9)13/h3-6H,2H2,1H3,(H2,15,16,17,18). The molecule has 0 saturated carbocycles. The summed E-state index contributed by atoms with van der Waals surface area (Å²) in [4.78, 5) is 18.4. The van der Waals surface area contributed by atoms with E-state index in [2.05, 4.69) is 36.5 Å². The lowest BCUT2D eigenvalue weighted by Crippen LogP contribution is -2.07. The Hall–Kier alpha value is -2.29. The summed E-state index contributed by atoms with van der Waals surface area (Å²) >= 11 is 3.18. The maximum absolute atomic E-state index is 13.1. The molecule has 0 bridgehead atoms. The highest BCUT2D eigenvalue weighted by Crippen LogP contribution is 2.33. The minimum Gasteiger partial charge on any atom is -0.364 e. The molecular formula is C12H11BrFN5O2. The number of hydrogen-bond acceptors (Lipinski definition) is 6. The van der Waals surface area contributed by atoms with Crippen molar-refractivity contribution in [1.29, 1.82) is 0 Å². The Morgan fingerprint density at radius 2 is 2.10 bits per heavy atom. The number of nitro groups is 1. The fourth-order valence-corrected chi connectivity index (χ4v) is 2.11. The van der Waals surface area contributed by atoms with Gasteiger partial charge in [-0.1, -0.05) is 0 Å². The molecule has 1 heterocycles. The zero-order chi connectivity index (χ0) is 15.4. The summed E-state index contributed by atoms with van der Waals surface area (Å²) < 4.78 is 13.5. The molecule has 9 heteroatoms. The van der Waals surface area contributed by atoms with Gasteiger partial charge in [-0.25, -0.2) is 14.4 Å². The summed E-state index contributed by atoms with van der Waals surface area (Å²) in [6, 6.07) is 3.95. The molecule has 0 radical (unpaired) electrons. The van der Waals surface area contributed by atoms with Crippen molar-refractivity contribution in [3.05, 3.63) is 44.9 Å². The topological polar surface area (TPSA) is 93.0 Å². The average Bonchev–Trinajstić information content (AvgIpc) is 2.42. The zero-order valence-electron chi connectivity index (χ0n) is 10.9. The molecule has 0 saturated heterocycles. The number of halogens is 2. The molecule has 0 fully saturated rings. The molecule has 0 aliphatic heterocycles. The van der Waals surface area contributed by atoms with Gasteiger partial charge in [-0.15, -0.1) is 0 Å². The highest BCUT2D eigenvalue weighted by Gasteiger charge is 2.23. The minimum atomic E-state index is -0.572. The molecule has 2 N–H and O–H groups in total. The number of aromatic nitrogens is 2. The van der Waals surface area contributed by atoms with E-state index in [0.29, 0.717) is 16.7 Å². The normalized spacial score (nSPS) is 10.2. The lowest BCUT2D eigenvalue weighted by atomic mass is 10.3. The molecular weight excluding hydrogens is 345 g/mol. The van der Waals surface area contributed by atoms with Crippen molar-refractivity contribution in [2.24, 2.45) is 0 Å². The van der Waals surface area contributed by atoms with E-state index in [-0.39, 0.29) is 17.3 Å². The maximum Gasteiger partial charge on any atom is 0.353 e. The number of nitrogens with one attached hydrogen (secondary N) is 2. The molecule has 0 atom stereocenters. The Morgan fingerprint density at radius 3 is 2.71 bits per heavy atom. The van der Waals surface area contributed by atoms with Crippen LogP contribution < -0.4 is 10.6 Å². The first-order valence-corrected chi connectivity index (χ1v) is 6.77. The van der Waals surface area contributed by atoms with E-state index in [9.17, 15) is 14.5 Å². The number of anilines is 3. The van der Waals surface area contributed by atoms with Crippen LogP contribution >= 0.6 is 15.9 Å². The Kier molecular flexibility index (Phi) is 4.63. The van der Waals surface area contributed by atoms with Crippen LogP contribution in [0.3, 0.4) is 0 Å². The first-order valence-electron chi connectivity index (χ1n) is 5.98. The van der Waals surface area contributed by atoms with E-state index in [1.54, 1.807) is 6.92 Å². The maximum atomic E-state index is 13.1. The summed E-state index contributed by atoms with van der Waals surface area (Å²) in [6.45, 7) is 2.28. The Morgan fingerprint density at radius 1 is 1.38 bits per heavy atom. The second-order valence-electron chi connectivity index (χ2n) is 3.96. The Balaban J connectivity index is 2.43. The third-order valence-electron chi connectivity index (χ3n) is 2.53. The van der Waals surface area contributed by atoms with E-state index >= 15 is 0 Å². The van der Waals surface area contributed by atoms with Gasteiger partial charge in [-0.05, 0) is 41.1 Å². The summed E-state index contributed by atoms with van der Waals surface area (Å²) in [6.07, 6.45) is 1.21. The van der Waals surface area contributed by atoms with Crippen LogP contribution in [-0.2, 0) is 0 Å². The van der Waals surface area contributed by atoms with Gasteiger partial charge in [0.1, 0.15) is 12.1 Å². The fourth-order valence-electron chi connectivity index (χ4n) is 1.66. The van der Waals surface area contributed by atoms with Gasteiger partial charge in [0.05, 0.1) is 10.6 Å². The molecule has 21 heavy (non-hydrogen) atoms. The SMILES string of the molecule is CCNc1ncnc(Nc2ccc(F)cc2Br)c1[N+](=O)[O-]. The predicted octanol–water partition coefficient (Wildman–Crippen LogP) is 3.46. The number of hydrogen-bond donors (Lipinski definition) is 2. The van der Waals surface area contributed by atoms with Crippen LogP contribution in [0.4, 0.5) is 27.4 Å². The van der Waals surface area contributed by atoms with E-state index in [0.717, 1.165) is 0 Å². The molecule has 110 valence electrons. The van der Waals surface area contributed by atoms with Gasteiger partial charge in [0.2, 0.25) is 11.6 Å². The fraction of sp³-hybridized carbons (Fsp3) is 0.167. The van der Waals surface area contributed by atoms with Crippen LogP contribution in [0.25, 0.3) is 0 Å². The van der Waals surface area contributed by atoms with Crippen molar-refractivity contribution < 1.29 is 9.31 Å². The highest BCUT2D eigenvalue weighted by molar-refractivity contribution is 9.10. The van der Waals surface area contributed by atoms with Crippen molar-refractivity contribution in [1.82, 2.24) is 9.97 Å². The second kappa shape index (κ2) is 6.44. The molecule has 2 aromatic rings.